The molecule has 0 bridgehead atoms. The van der Waals surface area contributed by atoms with Gasteiger partial charge in [-0.15, -0.1) is 0 Å². The number of amides is 2. The number of aryl methyl sites for hydroxylation is 1. The Labute approximate surface area is 210 Å². The molecule has 0 heterocycles. The number of hydrogen-bond donors (Lipinski definition) is 1. The van der Waals surface area contributed by atoms with Gasteiger partial charge in [-0.3, -0.25) is 13.9 Å². The third-order valence-electron chi connectivity index (χ3n) is 6.20. The third-order valence-corrected chi connectivity index (χ3v) is 7.38. The minimum atomic E-state index is -3.52. The fourth-order valence-corrected chi connectivity index (χ4v) is 4.97. The van der Waals surface area contributed by atoms with Crippen LogP contribution in [0, 0.1) is 13.8 Å². The van der Waals surface area contributed by atoms with Crippen molar-refractivity contribution in [2.24, 2.45) is 0 Å². The van der Waals surface area contributed by atoms with Gasteiger partial charge in [0, 0.05) is 26.1 Å². The Balaban J connectivity index is 2.13. The van der Waals surface area contributed by atoms with Gasteiger partial charge in [0.15, 0.2) is 0 Å². The van der Waals surface area contributed by atoms with Gasteiger partial charge in [0.2, 0.25) is 21.8 Å². The minimum absolute atomic E-state index is 0.150. The van der Waals surface area contributed by atoms with Crippen LogP contribution in [0.1, 0.15) is 49.8 Å². The SMILES string of the molecule is CCCNC(=O)[C@@H](C)N(CCc1ccccc1)C(=O)CCCN(c1cccc(C)c1C)S(C)(=O)=O. The Morgan fingerprint density at radius 3 is 2.31 bits per heavy atom. The van der Waals surface area contributed by atoms with E-state index in [9.17, 15) is 18.0 Å². The number of rotatable bonds is 13. The molecule has 0 aliphatic heterocycles. The predicted octanol–water partition coefficient (Wildman–Crippen LogP) is 3.84. The van der Waals surface area contributed by atoms with Crippen molar-refractivity contribution in [3.05, 3.63) is 65.2 Å². The molecule has 8 heteroatoms. The lowest BCUT2D eigenvalue weighted by molar-refractivity contribution is -0.139. The fraction of sp³-hybridized carbons (Fsp3) is 0.481. The van der Waals surface area contributed by atoms with Gasteiger partial charge in [-0.05, 0) is 62.8 Å². The molecule has 0 fully saturated rings. The molecule has 0 saturated carbocycles. The maximum absolute atomic E-state index is 13.3. The quantitative estimate of drug-likeness (QED) is 0.452. The van der Waals surface area contributed by atoms with E-state index >= 15 is 0 Å². The lowest BCUT2D eigenvalue weighted by Crippen LogP contribution is -2.49. The monoisotopic (exact) mass is 501 g/mol. The summed E-state index contributed by atoms with van der Waals surface area (Å²) >= 11 is 0. The Hall–Kier alpha value is -2.87. The normalized spacial score (nSPS) is 12.1. The first-order chi connectivity index (χ1) is 16.6. The fourth-order valence-electron chi connectivity index (χ4n) is 3.95. The maximum Gasteiger partial charge on any atom is 0.242 e. The zero-order valence-electron chi connectivity index (χ0n) is 21.6. The second-order valence-corrected chi connectivity index (χ2v) is 10.9. The van der Waals surface area contributed by atoms with Crippen LogP contribution in [0.4, 0.5) is 5.69 Å². The van der Waals surface area contributed by atoms with Gasteiger partial charge in [0.1, 0.15) is 6.04 Å². The van der Waals surface area contributed by atoms with Crippen molar-refractivity contribution < 1.29 is 18.0 Å². The van der Waals surface area contributed by atoms with E-state index in [1.807, 2.05) is 63.2 Å². The third kappa shape index (κ3) is 8.38. The van der Waals surface area contributed by atoms with Crippen LogP contribution < -0.4 is 9.62 Å². The van der Waals surface area contributed by atoms with E-state index in [1.54, 1.807) is 17.9 Å². The van der Waals surface area contributed by atoms with E-state index < -0.39 is 16.1 Å². The standard InChI is InChI=1S/C27H39N3O4S/c1-6-18-28-27(32)23(4)29(20-17-24-13-8-7-9-14-24)26(31)16-11-19-30(35(5,33)34)25-15-10-12-21(2)22(25)3/h7-10,12-15,23H,6,11,16-20H2,1-5H3,(H,28,32)/t23-/m1/s1. The number of sulfonamides is 1. The summed E-state index contributed by atoms with van der Waals surface area (Å²) in [5.74, 6) is -0.337. The zero-order valence-corrected chi connectivity index (χ0v) is 22.4. The number of carbonyl (C=O) groups excluding carboxylic acids is 2. The van der Waals surface area contributed by atoms with Gasteiger partial charge in [-0.25, -0.2) is 8.42 Å². The average Bonchev–Trinajstić information content (AvgIpc) is 2.82. The van der Waals surface area contributed by atoms with Crippen molar-refractivity contribution in [1.29, 1.82) is 0 Å². The van der Waals surface area contributed by atoms with Crippen LogP contribution >= 0.6 is 0 Å². The average molecular weight is 502 g/mol. The van der Waals surface area contributed by atoms with Crippen molar-refractivity contribution in [2.75, 3.05) is 30.2 Å². The van der Waals surface area contributed by atoms with Crippen LogP contribution in [0.25, 0.3) is 0 Å². The summed E-state index contributed by atoms with van der Waals surface area (Å²) in [6, 6.07) is 14.8. The summed E-state index contributed by atoms with van der Waals surface area (Å²) in [5.41, 5.74) is 3.62. The van der Waals surface area contributed by atoms with Crippen LogP contribution in [0.2, 0.25) is 0 Å². The van der Waals surface area contributed by atoms with Gasteiger partial charge < -0.3 is 10.2 Å². The van der Waals surface area contributed by atoms with Crippen molar-refractivity contribution in [1.82, 2.24) is 10.2 Å². The van der Waals surface area contributed by atoms with Crippen LogP contribution in [-0.4, -0.2) is 57.1 Å². The summed E-state index contributed by atoms with van der Waals surface area (Å²) in [7, 11) is -3.52. The van der Waals surface area contributed by atoms with E-state index in [-0.39, 0.29) is 24.8 Å². The number of benzene rings is 2. The predicted molar refractivity (Wildman–Crippen MR) is 142 cm³/mol. The van der Waals surface area contributed by atoms with Crippen molar-refractivity contribution in [3.63, 3.8) is 0 Å². The Kier molecular flexibility index (Phi) is 10.8. The van der Waals surface area contributed by atoms with E-state index in [2.05, 4.69) is 5.32 Å². The topological polar surface area (TPSA) is 86.8 Å². The maximum atomic E-state index is 13.3. The van der Waals surface area contributed by atoms with Gasteiger partial charge in [0.05, 0.1) is 11.9 Å². The highest BCUT2D eigenvalue weighted by atomic mass is 32.2. The zero-order chi connectivity index (χ0) is 26.0. The second-order valence-electron chi connectivity index (χ2n) is 8.95. The first-order valence-electron chi connectivity index (χ1n) is 12.2. The lowest BCUT2D eigenvalue weighted by atomic mass is 10.1. The Morgan fingerprint density at radius 2 is 1.69 bits per heavy atom. The smallest absolute Gasteiger partial charge is 0.242 e. The molecule has 2 rings (SSSR count). The molecule has 0 saturated heterocycles. The molecule has 192 valence electrons. The lowest BCUT2D eigenvalue weighted by Gasteiger charge is -2.29. The molecule has 2 aromatic carbocycles. The molecule has 2 aromatic rings. The van der Waals surface area contributed by atoms with Gasteiger partial charge in [-0.2, -0.15) is 0 Å². The second kappa shape index (κ2) is 13.3. The van der Waals surface area contributed by atoms with Gasteiger partial charge in [0.25, 0.3) is 0 Å². The first-order valence-corrected chi connectivity index (χ1v) is 14.1. The molecule has 0 aliphatic carbocycles. The van der Waals surface area contributed by atoms with E-state index in [1.165, 1.54) is 10.6 Å². The molecule has 0 aromatic heterocycles. The molecule has 0 spiro atoms. The molecule has 0 unspecified atom stereocenters. The highest BCUT2D eigenvalue weighted by molar-refractivity contribution is 7.92. The van der Waals surface area contributed by atoms with Gasteiger partial charge in [-0.1, -0.05) is 49.4 Å². The molecule has 0 aliphatic rings. The van der Waals surface area contributed by atoms with E-state index in [0.717, 1.165) is 23.1 Å². The molecule has 1 atom stereocenters. The molecular formula is C27H39N3O4S. The largest absolute Gasteiger partial charge is 0.354 e. The van der Waals surface area contributed by atoms with Crippen LogP contribution in [0.3, 0.4) is 0 Å². The van der Waals surface area contributed by atoms with Crippen molar-refractivity contribution in [2.45, 2.75) is 59.4 Å². The summed E-state index contributed by atoms with van der Waals surface area (Å²) < 4.78 is 26.4. The summed E-state index contributed by atoms with van der Waals surface area (Å²) in [4.78, 5) is 27.5. The minimum Gasteiger partial charge on any atom is -0.354 e. The van der Waals surface area contributed by atoms with Gasteiger partial charge >= 0.3 is 0 Å². The molecule has 0 radical (unpaired) electrons. The molecule has 1 N–H and O–H groups in total. The van der Waals surface area contributed by atoms with Crippen LogP contribution in [-0.2, 0) is 26.0 Å². The number of carbonyl (C=O) groups is 2. The van der Waals surface area contributed by atoms with Crippen LogP contribution in [0.15, 0.2) is 48.5 Å². The number of anilines is 1. The Bertz CT molecular complexity index is 1090. The molecular weight excluding hydrogens is 462 g/mol. The molecule has 2 amide bonds. The van der Waals surface area contributed by atoms with Crippen LogP contribution in [0.5, 0.6) is 0 Å². The summed E-state index contributed by atoms with van der Waals surface area (Å²) in [5, 5.41) is 2.87. The number of nitrogens with zero attached hydrogens (tertiary/aromatic N) is 2. The molecule has 35 heavy (non-hydrogen) atoms. The highest BCUT2D eigenvalue weighted by Gasteiger charge is 2.26. The van der Waals surface area contributed by atoms with E-state index in [0.29, 0.717) is 31.6 Å². The number of nitrogens with one attached hydrogen (secondary N) is 1. The number of hydrogen-bond acceptors (Lipinski definition) is 4. The summed E-state index contributed by atoms with van der Waals surface area (Å²) in [6.45, 7) is 8.73. The van der Waals surface area contributed by atoms with Crippen molar-refractivity contribution >= 4 is 27.5 Å². The summed E-state index contributed by atoms with van der Waals surface area (Å²) in [6.07, 6.45) is 3.14. The van der Waals surface area contributed by atoms with Crippen molar-refractivity contribution in [3.8, 4) is 0 Å². The molecule has 7 nitrogen and oxygen atoms in total. The Morgan fingerprint density at radius 1 is 1.00 bits per heavy atom. The first kappa shape index (κ1) is 28.4. The van der Waals surface area contributed by atoms with E-state index in [4.69, 9.17) is 0 Å². The highest BCUT2D eigenvalue weighted by Crippen LogP contribution is 2.25.